The van der Waals surface area contributed by atoms with Gasteiger partial charge < -0.3 is 37.3 Å². The number of rotatable bonds is 23. The fourth-order valence-electron chi connectivity index (χ4n) is 6.34. The number of nitrogens with zero attached hydrogens (tertiary/aromatic N) is 2. The summed E-state index contributed by atoms with van der Waals surface area (Å²) < 4.78 is 39.9. The third-order valence-corrected chi connectivity index (χ3v) is 16.8. The summed E-state index contributed by atoms with van der Waals surface area (Å²) in [6.45, 7) is 25.5. The molecule has 2 aromatic heterocycles. The SMILES string of the molecule is C/C=C/[C@H](O[Si](C)(C)C(C)(C)C)C(C)(C)[C@@H](O)C/C=C\[C@H]1O[C@H]1/C=C/C=C\c1nc(C(=O)O[C@@H](C/C=C\[C@H]2O[C@H]2/C=C/C=C\c2nc(C(=O)OC)co2)C(C)(C)[C@@H](C)/C=C/C)co1. The molecule has 8 atom stereocenters. The van der Waals surface area contributed by atoms with Gasteiger partial charge in [0.25, 0.3) is 0 Å². The molecule has 0 aliphatic carbocycles. The highest BCUT2D eigenvalue weighted by molar-refractivity contribution is 6.74. The number of esters is 2. The lowest BCUT2D eigenvalue weighted by Crippen LogP contribution is -2.50. The summed E-state index contributed by atoms with van der Waals surface area (Å²) in [5, 5.41) is 11.3. The van der Waals surface area contributed by atoms with E-state index in [1.54, 1.807) is 24.3 Å². The third-order valence-electron chi connectivity index (χ3n) is 12.4. The molecule has 2 aliphatic rings. The summed E-state index contributed by atoms with van der Waals surface area (Å²) in [5.74, 6) is -0.459. The van der Waals surface area contributed by atoms with E-state index in [-0.39, 0.29) is 64.6 Å². The number of oxazole rings is 2. The Hall–Kier alpha value is -4.66. The highest BCUT2D eigenvalue weighted by Crippen LogP contribution is 2.42. The number of aliphatic hydroxyl groups excluding tert-OH is 1. The summed E-state index contributed by atoms with van der Waals surface area (Å²) in [6.07, 6.45) is 32.4. The Kier molecular flexibility index (Phi) is 18.0. The van der Waals surface area contributed by atoms with Gasteiger partial charge >= 0.3 is 11.9 Å². The van der Waals surface area contributed by atoms with Crippen molar-refractivity contribution in [1.82, 2.24) is 9.97 Å². The van der Waals surface area contributed by atoms with E-state index in [1.807, 2.05) is 74.6 Å². The van der Waals surface area contributed by atoms with Crippen molar-refractivity contribution in [3.8, 4) is 0 Å². The number of methoxy groups -OCH3 is 1. The smallest absolute Gasteiger partial charge is 0.360 e. The first kappa shape index (κ1) is 51.0. The first-order valence-electron chi connectivity index (χ1n) is 21.8. The number of carbonyl (C=O) groups excluding carboxylic acids is 2. The highest BCUT2D eigenvalue weighted by Gasteiger charge is 2.44. The molecular weight excluding hydrogens is 817 g/mol. The van der Waals surface area contributed by atoms with Crippen molar-refractivity contribution in [2.45, 2.75) is 143 Å². The van der Waals surface area contributed by atoms with Crippen LogP contribution in [0.2, 0.25) is 18.1 Å². The Morgan fingerprint density at radius 2 is 1.24 bits per heavy atom. The maximum atomic E-state index is 13.4. The molecule has 0 spiro atoms. The van der Waals surface area contributed by atoms with E-state index in [0.29, 0.717) is 12.8 Å². The number of epoxide rings is 2. The van der Waals surface area contributed by atoms with Gasteiger partial charge in [0.05, 0.1) is 19.3 Å². The van der Waals surface area contributed by atoms with E-state index in [2.05, 4.69) is 95.3 Å². The molecule has 13 heteroatoms. The first-order valence-corrected chi connectivity index (χ1v) is 24.7. The van der Waals surface area contributed by atoms with Gasteiger partial charge in [0.1, 0.15) is 43.0 Å². The minimum absolute atomic E-state index is 0.0627. The van der Waals surface area contributed by atoms with E-state index < -0.39 is 43.3 Å². The summed E-state index contributed by atoms with van der Waals surface area (Å²) in [6, 6.07) is 0. The van der Waals surface area contributed by atoms with Gasteiger partial charge in [-0.2, -0.15) is 0 Å². The lowest BCUT2D eigenvalue weighted by atomic mass is 9.74. The largest absolute Gasteiger partial charge is 0.464 e. The van der Waals surface area contributed by atoms with E-state index >= 15 is 0 Å². The predicted molar refractivity (Wildman–Crippen MR) is 249 cm³/mol. The molecule has 12 nitrogen and oxygen atoms in total. The van der Waals surface area contributed by atoms with Crippen LogP contribution in [0.3, 0.4) is 0 Å². The molecule has 0 amide bonds. The monoisotopic (exact) mass is 886 g/mol. The first-order chi connectivity index (χ1) is 29.6. The van der Waals surface area contributed by atoms with Crippen molar-refractivity contribution in [2.24, 2.45) is 16.7 Å². The van der Waals surface area contributed by atoms with Crippen molar-refractivity contribution in [2.75, 3.05) is 7.11 Å². The minimum Gasteiger partial charge on any atom is -0.464 e. The van der Waals surface area contributed by atoms with Crippen LogP contribution in [0.5, 0.6) is 0 Å². The lowest BCUT2D eigenvalue weighted by molar-refractivity contribution is -0.0186. The Morgan fingerprint density at radius 3 is 1.73 bits per heavy atom. The quantitative estimate of drug-likeness (QED) is 0.0370. The summed E-state index contributed by atoms with van der Waals surface area (Å²) in [4.78, 5) is 33.4. The van der Waals surface area contributed by atoms with Crippen LogP contribution in [0.4, 0.5) is 0 Å². The maximum Gasteiger partial charge on any atom is 0.360 e. The Morgan fingerprint density at radius 1 is 0.746 bits per heavy atom. The van der Waals surface area contributed by atoms with Crippen LogP contribution in [0.1, 0.15) is 115 Å². The van der Waals surface area contributed by atoms with E-state index in [1.165, 1.54) is 19.6 Å². The molecule has 4 rings (SSSR count). The van der Waals surface area contributed by atoms with E-state index in [9.17, 15) is 14.7 Å². The molecule has 0 unspecified atom stereocenters. The van der Waals surface area contributed by atoms with E-state index in [4.69, 9.17) is 27.5 Å². The minimum atomic E-state index is -2.05. The van der Waals surface area contributed by atoms with Crippen molar-refractivity contribution in [1.29, 1.82) is 0 Å². The topological polar surface area (TPSA) is 159 Å². The maximum absolute atomic E-state index is 13.4. The zero-order valence-electron chi connectivity index (χ0n) is 39.4. The number of aromatic nitrogens is 2. The fourth-order valence-corrected chi connectivity index (χ4v) is 7.71. The van der Waals surface area contributed by atoms with Gasteiger partial charge in [0.15, 0.2) is 19.7 Å². The molecule has 2 saturated heterocycles. The Labute approximate surface area is 375 Å². The number of aliphatic hydroxyl groups is 1. The van der Waals surface area contributed by atoms with Gasteiger partial charge in [-0.15, -0.1) is 0 Å². The summed E-state index contributed by atoms with van der Waals surface area (Å²) in [5.41, 5.74) is -0.710. The zero-order valence-corrected chi connectivity index (χ0v) is 40.4. The number of allylic oxidation sites excluding steroid dienone is 7. The third kappa shape index (κ3) is 14.7. The van der Waals surface area contributed by atoms with Gasteiger partial charge in [-0.3, -0.25) is 0 Å². The van der Waals surface area contributed by atoms with Crippen LogP contribution in [0.25, 0.3) is 12.2 Å². The Balaban J connectivity index is 1.26. The molecule has 4 heterocycles. The second-order valence-electron chi connectivity index (χ2n) is 18.8. The molecule has 2 fully saturated rings. The standard InChI is InChI=1S/C50H70N2O10Si/c1-14-22-34(3)49(7,8)42(29-21-27-40-38(60-40)25-16-18-30-44-51-35(32-57-44)46(54)56-11)61-47(55)36-33-58-45(52-36)31-19-17-24-37-39(59-37)26-20-28-41(53)50(9,10)43(23-15-2)62-63(12,13)48(4,5)6/h14-27,30-34,37-43,53H,28-29H2,1-13H3/b22-14+,23-15+,24-17+,25-16+,26-20-,27-21-,30-18-,31-19-/t34-,37-,38-,39+,40+,41-,42-,43-/m0/s1. The van der Waals surface area contributed by atoms with Crippen LogP contribution < -0.4 is 0 Å². The molecule has 0 saturated carbocycles. The average Bonchev–Trinajstić information content (AvgIpc) is 4.02. The second kappa shape index (κ2) is 22.3. The molecule has 63 heavy (non-hydrogen) atoms. The number of carbonyl (C=O) groups is 2. The molecule has 0 bridgehead atoms. The molecule has 0 aromatic carbocycles. The summed E-state index contributed by atoms with van der Waals surface area (Å²) >= 11 is 0. The molecule has 1 N–H and O–H groups in total. The van der Waals surface area contributed by atoms with Crippen LogP contribution >= 0.6 is 0 Å². The number of hydrogen-bond donors (Lipinski definition) is 1. The van der Waals surface area contributed by atoms with Gasteiger partial charge in [-0.1, -0.05) is 140 Å². The van der Waals surface area contributed by atoms with Gasteiger partial charge in [-0.25, -0.2) is 19.6 Å². The predicted octanol–water partition coefficient (Wildman–Crippen LogP) is 10.8. The van der Waals surface area contributed by atoms with Crippen molar-refractivity contribution >= 4 is 32.4 Å². The van der Waals surface area contributed by atoms with Crippen molar-refractivity contribution < 1.29 is 46.9 Å². The van der Waals surface area contributed by atoms with Crippen LogP contribution in [0.15, 0.2) is 106 Å². The van der Waals surface area contributed by atoms with Crippen LogP contribution in [0, 0.1) is 16.7 Å². The van der Waals surface area contributed by atoms with Crippen molar-refractivity contribution in [3.05, 3.63) is 121 Å². The fraction of sp³-hybridized carbons (Fsp3) is 0.520. The number of ether oxygens (including phenoxy) is 4. The van der Waals surface area contributed by atoms with Gasteiger partial charge in [0.2, 0.25) is 11.8 Å². The van der Waals surface area contributed by atoms with Crippen molar-refractivity contribution in [3.63, 3.8) is 0 Å². The lowest BCUT2D eigenvalue weighted by Gasteiger charge is -2.44. The molecule has 2 aliphatic heterocycles. The molecular formula is C50H70N2O10Si. The normalized spacial score (nSPS) is 22.2. The highest BCUT2D eigenvalue weighted by atomic mass is 28.4. The molecule has 0 radical (unpaired) electrons. The Bertz CT molecular complexity index is 2060. The van der Waals surface area contributed by atoms with Crippen LogP contribution in [-0.2, 0) is 23.4 Å². The zero-order chi connectivity index (χ0) is 46.6. The summed E-state index contributed by atoms with van der Waals surface area (Å²) in [7, 11) is -0.767. The average molecular weight is 887 g/mol. The van der Waals surface area contributed by atoms with E-state index in [0.717, 1.165) is 0 Å². The number of hydrogen-bond acceptors (Lipinski definition) is 12. The molecule has 344 valence electrons. The molecule has 2 aromatic rings. The van der Waals surface area contributed by atoms with Crippen LogP contribution in [-0.4, -0.2) is 85.2 Å². The second-order valence-corrected chi connectivity index (χ2v) is 23.5. The van der Waals surface area contributed by atoms with Gasteiger partial charge in [-0.05, 0) is 44.3 Å². The van der Waals surface area contributed by atoms with Gasteiger partial charge in [0, 0.05) is 29.4 Å².